The lowest BCUT2D eigenvalue weighted by molar-refractivity contribution is 0.488. The molecule has 0 N–H and O–H groups in total. The van der Waals surface area contributed by atoms with Crippen LogP contribution in [0.3, 0.4) is 0 Å². The number of hydrogen-bond acceptors (Lipinski definition) is 1. The normalized spacial score (nSPS) is 21.7. The Labute approximate surface area is 101 Å². The van der Waals surface area contributed by atoms with Crippen LogP contribution in [-0.2, 0) is 3.23 Å². The SMILES string of the molecule is CC1(C)N=Cc2ccccc2C1(Br)Br. The Morgan fingerprint density at radius 1 is 1.14 bits per heavy atom. The molecule has 0 saturated heterocycles. The molecule has 0 radical (unpaired) electrons. The van der Waals surface area contributed by atoms with Crippen molar-refractivity contribution in [3.8, 4) is 0 Å². The van der Waals surface area contributed by atoms with Gasteiger partial charge in [0.2, 0.25) is 0 Å². The zero-order valence-corrected chi connectivity index (χ0v) is 11.3. The molecule has 0 aromatic heterocycles. The molecular formula is C11H11Br2N. The van der Waals surface area contributed by atoms with Gasteiger partial charge in [0.15, 0.2) is 0 Å². The van der Waals surface area contributed by atoms with E-state index in [9.17, 15) is 0 Å². The summed E-state index contributed by atoms with van der Waals surface area (Å²) < 4.78 is -0.266. The van der Waals surface area contributed by atoms with E-state index in [0.29, 0.717) is 0 Å². The second-order valence-corrected chi connectivity index (χ2v) is 7.42. The summed E-state index contributed by atoms with van der Waals surface area (Å²) in [7, 11) is 0. The van der Waals surface area contributed by atoms with Crippen LogP contribution in [0.25, 0.3) is 0 Å². The van der Waals surface area contributed by atoms with E-state index in [2.05, 4.69) is 62.8 Å². The molecule has 1 nitrogen and oxygen atoms in total. The van der Waals surface area contributed by atoms with E-state index >= 15 is 0 Å². The van der Waals surface area contributed by atoms with Gasteiger partial charge in [0.1, 0.15) is 3.23 Å². The highest BCUT2D eigenvalue weighted by Gasteiger charge is 2.45. The molecule has 0 unspecified atom stereocenters. The molecule has 0 fully saturated rings. The second-order valence-electron chi connectivity index (χ2n) is 3.98. The Morgan fingerprint density at radius 3 is 2.50 bits per heavy atom. The van der Waals surface area contributed by atoms with Crippen molar-refractivity contribution in [2.75, 3.05) is 0 Å². The summed E-state index contributed by atoms with van der Waals surface area (Å²) in [6, 6.07) is 8.27. The average Bonchev–Trinajstić information content (AvgIpc) is 2.13. The fourth-order valence-electron chi connectivity index (χ4n) is 1.54. The van der Waals surface area contributed by atoms with Crippen molar-refractivity contribution in [2.45, 2.75) is 22.6 Å². The summed E-state index contributed by atoms with van der Waals surface area (Å²) in [5.41, 5.74) is 2.22. The van der Waals surface area contributed by atoms with Crippen molar-refractivity contribution >= 4 is 38.1 Å². The summed E-state index contributed by atoms with van der Waals surface area (Å²) in [6.07, 6.45) is 1.94. The zero-order chi connectivity index (χ0) is 10.4. The fraction of sp³-hybridized carbons (Fsp3) is 0.364. The summed E-state index contributed by atoms with van der Waals surface area (Å²) in [6.45, 7) is 4.20. The number of aliphatic imine (C=N–C) groups is 1. The highest BCUT2D eigenvalue weighted by molar-refractivity contribution is 9.24. The molecule has 0 aliphatic carbocycles. The molecule has 0 saturated carbocycles. The van der Waals surface area contributed by atoms with Gasteiger partial charge in [0, 0.05) is 6.21 Å². The van der Waals surface area contributed by atoms with Crippen LogP contribution >= 0.6 is 31.9 Å². The predicted molar refractivity (Wildman–Crippen MR) is 67.6 cm³/mol. The van der Waals surface area contributed by atoms with Crippen LogP contribution in [-0.4, -0.2) is 11.8 Å². The quantitative estimate of drug-likeness (QED) is 0.645. The Bertz CT molecular complexity index is 394. The largest absolute Gasteiger partial charge is 0.284 e. The van der Waals surface area contributed by atoms with Gasteiger partial charge in [0.25, 0.3) is 0 Å². The first-order valence-corrected chi connectivity index (χ1v) is 6.06. The minimum absolute atomic E-state index is 0.179. The van der Waals surface area contributed by atoms with Crippen LogP contribution in [0.1, 0.15) is 25.0 Å². The number of alkyl halides is 2. The summed E-state index contributed by atoms with van der Waals surface area (Å²) in [4.78, 5) is 4.54. The van der Waals surface area contributed by atoms with Gasteiger partial charge in [-0.1, -0.05) is 56.1 Å². The lowest BCUT2D eigenvalue weighted by Gasteiger charge is -2.38. The van der Waals surface area contributed by atoms with E-state index in [4.69, 9.17) is 0 Å². The molecule has 1 aliphatic heterocycles. The molecule has 3 heteroatoms. The van der Waals surface area contributed by atoms with E-state index in [0.717, 1.165) is 0 Å². The predicted octanol–water partition coefficient (Wildman–Crippen LogP) is 3.84. The van der Waals surface area contributed by atoms with Crippen molar-refractivity contribution in [3.63, 3.8) is 0 Å². The maximum Gasteiger partial charge on any atom is 0.130 e. The van der Waals surface area contributed by atoms with Gasteiger partial charge in [-0.15, -0.1) is 0 Å². The third-order valence-electron chi connectivity index (χ3n) is 2.59. The standard InChI is InChI=1S/C11H11Br2N/c1-10(2)11(12,13)9-6-4-3-5-8(9)7-14-10/h3-7H,1-2H3. The second kappa shape index (κ2) is 3.17. The highest BCUT2D eigenvalue weighted by atomic mass is 79.9. The van der Waals surface area contributed by atoms with Crippen LogP contribution in [0.2, 0.25) is 0 Å². The third-order valence-corrected chi connectivity index (χ3v) is 5.39. The number of benzene rings is 1. The van der Waals surface area contributed by atoms with Gasteiger partial charge >= 0.3 is 0 Å². The first-order valence-electron chi connectivity index (χ1n) is 4.48. The van der Waals surface area contributed by atoms with Crippen LogP contribution in [0, 0.1) is 0 Å². The van der Waals surface area contributed by atoms with Gasteiger partial charge < -0.3 is 0 Å². The number of nitrogens with zero attached hydrogens (tertiary/aromatic N) is 1. The van der Waals surface area contributed by atoms with Crippen molar-refractivity contribution in [3.05, 3.63) is 35.4 Å². The number of rotatable bonds is 0. The molecule has 0 spiro atoms. The Kier molecular flexibility index (Phi) is 2.35. The monoisotopic (exact) mass is 315 g/mol. The Balaban J connectivity index is 2.66. The van der Waals surface area contributed by atoms with E-state index in [-0.39, 0.29) is 8.77 Å². The van der Waals surface area contributed by atoms with Crippen molar-refractivity contribution < 1.29 is 0 Å². The van der Waals surface area contributed by atoms with E-state index in [1.54, 1.807) is 0 Å². The highest BCUT2D eigenvalue weighted by Crippen LogP contribution is 2.51. The van der Waals surface area contributed by atoms with Crippen LogP contribution in [0.5, 0.6) is 0 Å². The van der Waals surface area contributed by atoms with Crippen LogP contribution < -0.4 is 0 Å². The first kappa shape index (κ1) is 10.4. The van der Waals surface area contributed by atoms with E-state index < -0.39 is 0 Å². The van der Waals surface area contributed by atoms with E-state index in [1.165, 1.54) is 11.1 Å². The third kappa shape index (κ3) is 1.38. The summed E-state index contributed by atoms with van der Waals surface area (Å²) in [5.74, 6) is 0. The number of hydrogen-bond donors (Lipinski definition) is 0. The van der Waals surface area contributed by atoms with E-state index in [1.807, 2.05) is 18.3 Å². The van der Waals surface area contributed by atoms with Gasteiger partial charge in [0.05, 0.1) is 5.54 Å². The molecule has 14 heavy (non-hydrogen) atoms. The van der Waals surface area contributed by atoms with Gasteiger partial charge in [-0.3, -0.25) is 4.99 Å². The molecule has 0 atom stereocenters. The molecule has 1 aromatic rings. The van der Waals surface area contributed by atoms with Crippen molar-refractivity contribution in [2.24, 2.45) is 4.99 Å². The van der Waals surface area contributed by atoms with Gasteiger partial charge in [-0.25, -0.2) is 0 Å². The van der Waals surface area contributed by atoms with Crippen LogP contribution in [0.4, 0.5) is 0 Å². The lowest BCUT2D eigenvalue weighted by Crippen LogP contribution is -2.39. The minimum atomic E-state index is -0.266. The zero-order valence-electron chi connectivity index (χ0n) is 8.09. The first-order chi connectivity index (χ1) is 6.45. The maximum absolute atomic E-state index is 4.54. The molecule has 1 aromatic carbocycles. The Morgan fingerprint density at radius 2 is 1.79 bits per heavy atom. The molecule has 1 heterocycles. The van der Waals surface area contributed by atoms with Gasteiger partial charge in [-0.05, 0) is 25.0 Å². The molecular weight excluding hydrogens is 306 g/mol. The molecule has 1 aliphatic rings. The van der Waals surface area contributed by atoms with Crippen LogP contribution in [0.15, 0.2) is 29.3 Å². The van der Waals surface area contributed by atoms with Gasteiger partial charge in [-0.2, -0.15) is 0 Å². The average molecular weight is 317 g/mol. The van der Waals surface area contributed by atoms with Crippen molar-refractivity contribution in [1.29, 1.82) is 0 Å². The smallest absolute Gasteiger partial charge is 0.130 e. The molecule has 0 amide bonds. The molecule has 2 rings (SSSR count). The molecule has 74 valence electrons. The summed E-state index contributed by atoms with van der Waals surface area (Å²) in [5, 5.41) is 0. The number of fused-ring (bicyclic) bond motifs is 1. The molecule has 0 bridgehead atoms. The summed E-state index contributed by atoms with van der Waals surface area (Å²) >= 11 is 7.43. The topological polar surface area (TPSA) is 12.4 Å². The number of halogens is 2. The Hall–Kier alpha value is -0.150. The minimum Gasteiger partial charge on any atom is -0.284 e. The van der Waals surface area contributed by atoms with Crippen molar-refractivity contribution in [1.82, 2.24) is 0 Å². The lowest BCUT2D eigenvalue weighted by atomic mass is 9.89. The maximum atomic E-state index is 4.54. The fourth-order valence-corrected chi connectivity index (χ4v) is 2.46.